The SMILES string of the molecule is CC(C)[C@H](NC(=O)c1cc(C(F)(F)F)cc(C(F)(F)F)c1)C(=O)O. The lowest BCUT2D eigenvalue weighted by atomic mass is 10.0. The van der Waals surface area contributed by atoms with Crippen molar-refractivity contribution in [2.24, 2.45) is 5.92 Å². The average molecular weight is 357 g/mol. The Hall–Kier alpha value is -2.26. The number of carbonyl (C=O) groups is 2. The van der Waals surface area contributed by atoms with Crippen LogP contribution in [0.4, 0.5) is 26.3 Å². The predicted molar refractivity (Wildman–Crippen MR) is 70.2 cm³/mol. The lowest BCUT2D eigenvalue weighted by Gasteiger charge is -2.19. The Morgan fingerprint density at radius 3 is 1.67 bits per heavy atom. The van der Waals surface area contributed by atoms with E-state index >= 15 is 0 Å². The highest BCUT2D eigenvalue weighted by atomic mass is 19.4. The first kappa shape index (κ1) is 19.8. The summed E-state index contributed by atoms with van der Waals surface area (Å²) in [5.74, 6) is -3.42. The van der Waals surface area contributed by atoms with Crippen LogP contribution in [-0.4, -0.2) is 23.0 Å². The van der Waals surface area contributed by atoms with Gasteiger partial charge in [0.15, 0.2) is 0 Å². The lowest BCUT2D eigenvalue weighted by molar-refractivity contribution is -0.143. The molecule has 0 spiro atoms. The first-order valence-corrected chi connectivity index (χ1v) is 6.56. The van der Waals surface area contributed by atoms with Gasteiger partial charge in [-0.1, -0.05) is 13.8 Å². The van der Waals surface area contributed by atoms with Gasteiger partial charge in [-0.05, 0) is 24.1 Å². The molecule has 0 saturated carbocycles. The van der Waals surface area contributed by atoms with Gasteiger partial charge >= 0.3 is 18.3 Å². The van der Waals surface area contributed by atoms with Gasteiger partial charge < -0.3 is 10.4 Å². The fraction of sp³-hybridized carbons (Fsp3) is 0.429. The number of benzene rings is 1. The molecule has 0 aromatic heterocycles. The zero-order valence-electron chi connectivity index (χ0n) is 12.4. The van der Waals surface area contributed by atoms with Crippen molar-refractivity contribution in [3.05, 3.63) is 34.9 Å². The molecule has 0 fully saturated rings. The smallest absolute Gasteiger partial charge is 0.416 e. The van der Waals surface area contributed by atoms with E-state index < -0.39 is 52.9 Å². The largest absolute Gasteiger partial charge is 0.480 e. The highest BCUT2D eigenvalue weighted by molar-refractivity contribution is 5.97. The zero-order valence-corrected chi connectivity index (χ0v) is 12.4. The van der Waals surface area contributed by atoms with E-state index in [4.69, 9.17) is 5.11 Å². The Morgan fingerprint density at radius 1 is 0.958 bits per heavy atom. The second kappa shape index (κ2) is 6.70. The molecule has 0 bridgehead atoms. The number of hydrogen-bond donors (Lipinski definition) is 2. The maximum atomic E-state index is 12.7. The molecular formula is C14H13F6NO3. The molecule has 0 heterocycles. The van der Waals surface area contributed by atoms with Crippen LogP contribution in [0.15, 0.2) is 18.2 Å². The molecule has 0 aliphatic carbocycles. The van der Waals surface area contributed by atoms with Crippen LogP contribution in [0.5, 0.6) is 0 Å². The molecule has 134 valence electrons. The summed E-state index contributed by atoms with van der Waals surface area (Å²) in [6.07, 6.45) is -10.2. The molecule has 2 N–H and O–H groups in total. The fourth-order valence-corrected chi connectivity index (χ4v) is 1.82. The fourth-order valence-electron chi connectivity index (χ4n) is 1.82. The number of carboxylic acids is 1. The molecule has 10 heteroatoms. The molecule has 1 aromatic carbocycles. The topological polar surface area (TPSA) is 66.4 Å². The van der Waals surface area contributed by atoms with Gasteiger partial charge in [0, 0.05) is 5.56 Å². The van der Waals surface area contributed by atoms with Crippen molar-refractivity contribution in [3.8, 4) is 0 Å². The number of alkyl halides is 6. The van der Waals surface area contributed by atoms with Crippen LogP contribution in [0, 0.1) is 5.92 Å². The minimum Gasteiger partial charge on any atom is -0.480 e. The first-order chi connectivity index (χ1) is 10.7. The number of aliphatic carboxylic acids is 1. The van der Waals surface area contributed by atoms with E-state index in [0.29, 0.717) is 0 Å². The van der Waals surface area contributed by atoms with E-state index in [2.05, 4.69) is 0 Å². The molecule has 24 heavy (non-hydrogen) atoms. The summed E-state index contributed by atoms with van der Waals surface area (Å²) in [5, 5.41) is 10.8. The van der Waals surface area contributed by atoms with Crippen molar-refractivity contribution in [2.45, 2.75) is 32.2 Å². The Bertz CT molecular complexity index is 604. The molecule has 1 aromatic rings. The second-order valence-corrected chi connectivity index (χ2v) is 5.33. The number of carbonyl (C=O) groups excluding carboxylic acids is 1. The standard InChI is InChI=1S/C14H13F6NO3/c1-6(2)10(12(23)24)21-11(22)7-3-8(13(15,16)17)5-9(4-7)14(18,19)20/h3-6,10H,1-2H3,(H,21,22)(H,23,24)/t10-/m0/s1. The van der Waals surface area contributed by atoms with Crippen LogP contribution in [-0.2, 0) is 17.1 Å². The number of carboxylic acid groups (broad SMARTS) is 1. The minimum atomic E-state index is -5.10. The van der Waals surface area contributed by atoms with Crippen LogP contribution < -0.4 is 5.32 Å². The number of amides is 1. The van der Waals surface area contributed by atoms with Crippen LogP contribution in [0.2, 0.25) is 0 Å². The van der Waals surface area contributed by atoms with Crippen LogP contribution in [0.25, 0.3) is 0 Å². The number of halogens is 6. The summed E-state index contributed by atoms with van der Waals surface area (Å²) in [4.78, 5) is 22.9. The highest BCUT2D eigenvalue weighted by Gasteiger charge is 2.37. The molecule has 1 atom stereocenters. The monoisotopic (exact) mass is 357 g/mol. The van der Waals surface area contributed by atoms with Crippen molar-refractivity contribution in [3.63, 3.8) is 0 Å². The maximum Gasteiger partial charge on any atom is 0.416 e. The van der Waals surface area contributed by atoms with E-state index in [1.165, 1.54) is 13.8 Å². The Labute approximate surface area is 132 Å². The van der Waals surface area contributed by atoms with Crippen molar-refractivity contribution < 1.29 is 41.0 Å². The third-order valence-electron chi connectivity index (χ3n) is 3.07. The zero-order chi connectivity index (χ0) is 18.9. The van der Waals surface area contributed by atoms with Gasteiger partial charge in [-0.3, -0.25) is 4.79 Å². The molecule has 4 nitrogen and oxygen atoms in total. The Kier molecular flexibility index (Phi) is 5.52. The Morgan fingerprint density at radius 2 is 1.38 bits per heavy atom. The van der Waals surface area contributed by atoms with E-state index in [0.717, 1.165) is 0 Å². The summed E-state index contributed by atoms with van der Waals surface area (Å²) in [7, 11) is 0. The van der Waals surface area contributed by atoms with Crippen LogP contribution in [0.3, 0.4) is 0 Å². The molecule has 0 saturated heterocycles. The molecule has 1 rings (SSSR count). The van der Waals surface area contributed by atoms with Gasteiger partial charge in [-0.15, -0.1) is 0 Å². The summed E-state index contributed by atoms with van der Waals surface area (Å²) >= 11 is 0. The third-order valence-corrected chi connectivity index (χ3v) is 3.07. The van der Waals surface area contributed by atoms with Crippen molar-refractivity contribution in [1.29, 1.82) is 0 Å². The number of nitrogens with one attached hydrogen (secondary N) is 1. The van der Waals surface area contributed by atoms with E-state index in [9.17, 15) is 35.9 Å². The molecule has 1 amide bonds. The van der Waals surface area contributed by atoms with Gasteiger partial charge in [-0.25, -0.2) is 4.79 Å². The number of hydrogen-bond acceptors (Lipinski definition) is 2. The van der Waals surface area contributed by atoms with Gasteiger partial charge in [0.1, 0.15) is 6.04 Å². The van der Waals surface area contributed by atoms with E-state index in [-0.39, 0.29) is 18.2 Å². The Balaban J connectivity index is 3.32. The molecular weight excluding hydrogens is 344 g/mol. The molecule has 0 aliphatic heterocycles. The summed E-state index contributed by atoms with van der Waals surface area (Å²) in [5.41, 5.74) is -4.23. The summed E-state index contributed by atoms with van der Waals surface area (Å²) in [6, 6.07) is -1.09. The first-order valence-electron chi connectivity index (χ1n) is 6.56. The number of rotatable bonds is 4. The second-order valence-electron chi connectivity index (χ2n) is 5.33. The van der Waals surface area contributed by atoms with Gasteiger partial charge in [0.25, 0.3) is 5.91 Å². The highest BCUT2D eigenvalue weighted by Crippen LogP contribution is 2.36. The lowest BCUT2D eigenvalue weighted by Crippen LogP contribution is -2.44. The van der Waals surface area contributed by atoms with Gasteiger partial charge in [0.2, 0.25) is 0 Å². The van der Waals surface area contributed by atoms with Crippen molar-refractivity contribution in [1.82, 2.24) is 5.32 Å². The van der Waals surface area contributed by atoms with Crippen LogP contribution >= 0.6 is 0 Å². The van der Waals surface area contributed by atoms with Gasteiger partial charge in [0.05, 0.1) is 11.1 Å². The van der Waals surface area contributed by atoms with E-state index in [1.54, 1.807) is 0 Å². The normalized spacial score (nSPS) is 13.7. The third kappa shape index (κ3) is 4.87. The van der Waals surface area contributed by atoms with Crippen molar-refractivity contribution >= 4 is 11.9 Å². The van der Waals surface area contributed by atoms with Crippen molar-refractivity contribution in [2.75, 3.05) is 0 Å². The van der Waals surface area contributed by atoms with E-state index in [1.807, 2.05) is 5.32 Å². The predicted octanol–water partition coefficient (Wildman–Crippen LogP) is 3.56. The molecule has 0 aliphatic rings. The molecule has 0 radical (unpaired) electrons. The summed E-state index contributed by atoms with van der Waals surface area (Å²) in [6.45, 7) is 2.85. The van der Waals surface area contributed by atoms with Gasteiger partial charge in [-0.2, -0.15) is 26.3 Å². The summed E-state index contributed by atoms with van der Waals surface area (Å²) < 4.78 is 76.4. The minimum absolute atomic E-state index is 0.117. The quantitative estimate of drug-likeness (QED) is 0.810. The maximum absolute atomic E-state index is 12.7. The molecule has 0 unspecified atom stereocenters. The average Bonchev–Trinajstić information content (AvgIpc) is 2.41. The van der Waals surface area contributed by atoms with Crippen LogP contribution in [0.1, 0.15) is 35.3 Å².